The highest BCUT2D eigenvalue weighted by molar-refractivity contribution is 6.03. The number of hydrogen-bond donors (Lipinski definition) is 1. The van der Waals surface area contributed by atoms with E-state index in [9.17, 15) is 15.2 Å². The molecule has 7 heteroatoms. The highest BCUT2D eigenvalue weighted by atomic mass is 16.5. The number of nitriles is 1. The molecule has 1 fully saturated rings. The average Bonchev–Trinajstić information content (AvgIpc) is 3.20. The van der Waals surface area contributed by atoms with E-state index in [1.165, 1.54) is 0 Å². The number of hydrogen-bond acceptors (Lipinski definition) is 7. The van der Waals surface area contributed by atoms with Crippen molar-refractivity contribution >= 4 is 33.3 Å². The summed E-state index contributed by atoms with van der Waals surface area (Å²) >= 11 is 0. The van der Waals surface area contributed by atoms with Crippen LogP contribution in [0.3, 0.4) is 0 Å². The van der Waals surface area contributed by atoms with Crippen LogP contribution < -0.4 is 9.47 Å². The third-order valence-corrected chi connectivity index (χ3v) is 10.8. The van der Waals surface area contributed by atoms with Gasteiger partial charge in [-0.2, -0.15) is 5.26 Å². The fraction of sp³-hybridized carbons (Fsp3) is 0.222. The van der Waals surface area contributed by atoms with E-state index >= 15 is 4.79 Å². The van der Waals surface area contributed by atoms with Crippen LogP contribution in [0.15, 0.2) is 133 Å². The lowest BCUT2D eigenvalue weighted by Crippen LogP contribution is -2.59. The van der Waals surface area contributed by atoms with Crippen LogP contribution in [0.2, 0.25) is 0 Å². The molecule has 0 bridgehead atoms. The number of Topliss-reactive ketones (excluding diaryl/α,β-unsaturated/α-hetero) is 1. The third-order valence-electron chi connectivity index (χ3n) is 10.8. The van der Waals surface area contributed by atoms with Gasteiger partial charge in [-0.05, 0) is 88.0 Å². The lowest BCUT2D eigenvalue weighted by Gasteiger charge is -2.54. The number of esters is 1. The fourth-order valence-corrected chi connectivity index (χ4v) is 8.20. The van der Waals surface area contributed by atoms with Crippen LogP contribution in [0, 0.1) is 22.7 Å². The minimum absolute atomic E-state index is 0.0190. The molecule has 0 aliphatic heterocycles. The van der Waals surface area contributed by atoms with Gasteiger partial charge in [-0.3, -0.25) is 9.59 Å². The standard InChI is InChI=1S/C45H39NO6/c1-4-52-43(48)44(28-46)39(31-16-21-37(50-2)22-17-31)27-45(49,36-20-15-30-10-6-8-12-34(30)26-36)41(40(44)32-18-23-38(51-3)24-19-32)42(47)35-14-13-29-9-5-7-11-33(29)25-35/h5-26,39-41,49H,4,27H2,1-3H3/t39-,40-,41+,44-,45-/m1/s1. The first kappa shape index (κ1) is 34.5. The fourth-order valence-electron chi connectivity index (χ4n) is 8.20. The van der Waals surface area contributed by atoms with Gasteiger partial charge in [0, 0.05) is 17.4 Å². The van der Waals surface area contributed by atoms with E-state index in [1.54, 1.807) is 63.6 Å². The second-order valence-electron chi connectivity index (χ2n) is 13.4. The molecule has 6 aromatic rings. The molecule has 0 heterocycles. The van der Waals surface area contributed by atoms with Gasteiger partial charge in [-0.1, -0.05) is 97.1 Å². The molecule has 1 aliphatic rings. The van der Waals surface area contributed by atoms with E-state index < -0.39 is 34.7 Å². The summed E-state index contributed by atoms with van der Waals surface area (Å²) in [4.78, 5) is 30.1. The number of benzene rings is 6. The third kappa shape index (κ3) is 5.75. The van der Waals surface area contributed by atoms with Crippen molar-refractivity contribution in [2.24, 2.45) is 11.3 Å². The molecule has 260 valence electrons. The summed E-state index contributed by atoms with van der Waals surface area (Å²) in [7, 11) is 3.12. The molecule has 0 saturated heterocycles. The van der Waals surface area contributed by atoms with Crippen molar-refractivity contribution < 1.29 is 28.9 Å². The molecule has 1 saturated carbocycles. The van der Waals surface area contributed by atoms with Crippen molar-refractivity contribution in [1.82, 2.24) is 0 Å². The Hall–Kier alpha value is -5.97. The Morgan fingerprint density at radius 2 is 1.27 bits per heavy atom. The van der Waals surface area contributed by atoms with Crippen molar-refractivity contribution in [3.05, 3.63) is 156 Å². The summed E-state index contributed by atoms with van der Waals surface area (Å²) in [6.45, 7) is 1.71. The van der Waals surface area contributed by atoms with Crippen molar-refractivity contribution in [2.45, 2.75) is 30.8 Å². The summed E-state index contributed by atoms with van der Waals surface area (Å²) in [6, 6.07) is 43.3. The molecule has 7 nitrogen and oxygen atoms in total. The lowest BCUT2D eigenvalue weighted by molar-refractivity contribution is -0.164. The molecule has 5 atom stereocenters. The Bertz CT molecular complexity index is 2310. The average molecular weight is 690 g/mol. The molecule has 7 rings (SSSR count). The smallest absolute Gasteiger partial charge is 0.327 e. The summed E-state index contributed by atoms with van der Waals surface area (Å²) in [6.07, 6.45) is -0.124. The molecule has 0 aromatic heterocycles. The molecular formula is C45H39NO6. The van der Waals surface area contributed by atoms with Gasteiger partial charge in [0.25, 0.3) is 0 Å². The van der Waals surface area contributed by atoms with E-state index in [1.807, 2.05) is 91.0 Å². The monoisotopic (exact) mass is 689 g/mol. The van der Waals surface area contributed by atoms with Crippen LogP contribution >= 0.6 is 0 Å². The van der Waals surface area contributed by atoms with E-state index in [4.69, 9.17) is 14.2 Å². The quantitative estimate of drug-likeness (QED) is 0.120. The maximum atomic E-state index is 15.5. The molecule has 0 amide bonds. The Morgan fingerprint density at radius 3 is 1.83 bits per heavy atom. The lowest BCUT2D eigenvalue weighted by atomic mass is 9.47. The van der Waals surface area contributed by atoms with E-state index in [-0.39, 0.29) is 18.8 Å². The van der Waals surface area contributed by atoms with Gasteiger partial charge in [0.1, 0.15) is 17.1 Å². The van der Waals surface area contributed by atoms with Gasteiger partial charge in [-0.25, -0.2) is 0 Å². The van der Waals surface area contributed by atoms with Crippen molar-refractivity contribution in [3.63, 3.8) is 0 Å². The maximum Gasteiger partial charge on any atom is 0.327 e. The SMILES string of the molecule is CCOC(=O)[C@]1(C#N)[C@@H](c2ccc(OC)cc2)C[C@@](O)(c2ccc3ccccc3c2)[C@H](C(=O)c2ccc3ccccc3c2)[C@H]1c1ccc(OC)cc1. The van der Waals surface area contributed by atoms with E-state index in [0.717, 1.165) is 21.5 Å². The van der Waals surface area contributed by atoms with Gasteiger partial charge in [0.15, 0.2) is 11.2 Å². The minimum Gasteiger partial charge on any atom is -0.497 e. The summed E-state index contributed by atoms with van der Waals surface area (Å²) in [5.41, 5.74) is -1.79. The van der Waals surface area contributed by atoms with Crippen LogP contribution in [0.4, 0.5) is 0 Å². The summed E-state index contributed by atoms with van der Waals surface area (Å²) in [5.74, 6) is -3.37. The normalized spacial score (nSPS) is 22.7. The van der Waals surface area contributed by atoms with Gasteiger partial charge < -0.3 is 19.3 Å². The predicted molar refractivity (Wildman–Crippen MR) is 200 cm³/mol. The van der Waals surface area contributed by atoms with Crippen LogP contribution in [0.1, 0.15) is 52.2 Å². The zero-order valence-corrected chi connectivity index (χ0v) is 29.3. The molecular weight excluding hydrogens is 650 g/mol. The Kier molecular flexibility index (Phi) is 9.27. The molecule has 1 N–H and O–H groups in total. The molecule has 0 spiro atoms. The molecule has 6 aromatic carbocycles. The second-order valence-corrected chi connectivity index (χ2v) is 13.4. The van der Waals surface area contributed by atoms with Crippen molar-refractivity contribution in [2.75, 3.05) is 20.8 Å². The van der Waals surface area contributed by atoms with Gasteiger partial charge in [0.2, 0.25) is 0 Å². The topological polar surface area (TPSA) is 106 Å². The zero-order valence-electron chi connectivity index (χ0n) is 29.3. The molecule has 0 unspecified atom stereocenters. The number of ether oxygens (including phenoxy) is 3. The Labute approximate surface area is 303 Å². The molecule has 52 heavy (non-hydrogen) atoms. The number of carbonyl (C=O) groups excluding carboxylic acids is 2. The van der Waals surface area contributed by atoms with Gasteiger partial charge >= 0.3 is 5.97 Å². The highest BCUT2D eigenvalue weighted by Crippen LogP contribution is 2.64. The number of aliphatic hydroxyl groups is 1. The zero-order chi connectivity index (χ0) is 36.5. The Morgan fingerprint density at radius 1 is 0.731 bits per heavy atom. The highest BCUT2D eigenvalue weighted by Gasteiger charge is 2.67. The largest absolute Gasteiger partial charge is 0.497 e. The van der Waals surface area contributed by atoms with Crippen LogP contribution in [-0.2, 0) is 15.1 Å². The number of carbonyl (C=O) groups is 2. The first-order chi connectivity index (χ1) is 25.3. The van der Waals surface area contributed by atoms with E-state index in [0.29, 0.717) is 33.8 Å². The van der Waals surface area contributed by atoms with Crippen LogP contribution in [0.25, 0.3) is 21.5 Å². The van der Waals surface area contributed by atoms with Gasteiger partial charge in [0.05, 0.1) is 32.8 Å². The first-order valence-corrected chi connectivity index (χ1v) is 17.4. The maximum absolute atomic E-state index is 15.5. The summed E-state index contributed by atoms with van der Waals surface area (Å²) < 4.78 is 16.7. The number of rotatable bonds is 9. The van der Waals surface area contributed by atoms with Crippen LogP contribution in [-0.4, -0.2) is 37.7 Å². The second kappa shape index (κ2) is 14.0. The predicted octanol–water partition coefficient (Wildman–Crippen LogP) is 8.74. The van der Waals surface area contributed by atoms with Crippen molar-refractivity contribution in [1.29, 1.82) is 5.26 Å². The Balaban J connectivity index is 1.56. The summed E-state index contributed by atoms with van der Waals surface area (Å²) in [5, 5.41) is 28.7. The minimum atomic E-state index is -1.94. The van der Waals surface area contributed by atoms with Crippen molar-refractivity contribution in [3.8, 4) is 17.6 Å². The number of fused-ring (bicyclic) bond motifs is 2. The first-order valence-electron chi connectivity index (χ1n) is 17.4. The number of nitrogens with zero attached hydrogens (tertiary/aromatic N) is 1. The number of methoxy groups -OCH3 is 2. The van der Waals surface area contributed by atoms with Crippen LogP contribution in [0.5, 0.6) is 11.5 Å². The number of ketones is 1. The van der Waals surface area contributed by atoms with E-state index in [2.05, 4.69) is 6.07 Å². The molecule has 0 radical (unpaired) electrons. The molecule has 1 aliphatic carbocycles. The van der Waals surface area contributed by atoms with Gasteiger partial charge in [-0.15, -0.1) is 0 Å².